The number of ether oxygens (including phenoxy) is 2. The van der Waals surface area contributed by atoms with Crippen LogP contribution in [0.2, 0.25) is 0 Å². The van der Waals surface area contributed by atoms with Crippen molar-refractivity contribution in [2.24, 2.45) is 0 Å². The van der Waals surface area contributed by atoms with Crippen molar-refractivity contribution in [1.29, 1.82) is 0 Å². The monoisotopic (exact) mass is 329 g/mol. The lowest BCUT2D eigenvalue weighted by Crippen LogP contribution is -2.05. The van der Waals surface area contributed by atoms with E-state index in [2.05, 4.69) is 10.1 Å². The first-order valence-electron chi connectivity index (χ1n) is 7.03. The number of aromatic hydroxyl groups is 1. The van der Waals surface area contributed by atoms with Crippen LogP contribution in [0.1, 0.15) is 15.9 Å². The van der Waals surface area contributed by atoms with E-state index in [-0.39, 0.29) is 17.1 Å². The molecule has 1 aromatic carbocycles. The first-order chi connectivity index (χ1) is 11.5. The van der Waals surface area contributed by atoms with Gasteiger partial charge in [-0.1, -0.05) is 0 Å². The molecule has 2 N–H and O–H groups in total. The molecule has 0 spiro atoms. The number of pyridine rings is 1. The molecule has 0 radical (unpaired) electrons. The van der Waals surface area contributed by atoms with E-state index in [0.717, 1.165) is 11.6 Å². The van der Waals surface area contributed by atoms with E-state index in [9.17, 15) is 15.0 Å². The summed E-state index contributed by atoms with van der Waals surface area (Å²) >= 11 is 0. The minimum absolute atomic E-state index is 0.0505. The lowest BCUT2D eigenvalue weighted by molar-refractivity contribution is 0.0698. The fourth-order valence-electron chi connectivity index (χ4n) is 2.47. The Morgan fingerprint density at radius 1 is 1.25 bits per heavy atom. The van der Waals surface area contributed by atoms with Crippen molar-refractivity contribution in [2.75, 3.05) is 14.2 Å². The summed E-state index contributed by atoms with van der Waals surface area (Å²) in [5, 5.41) is 23.5. The molecule has 2 aromatic heterocycles. The van der Waals surface area contributed by atoms with Crippen LogP contribution in [0.15, 0.2) is 30.5 Å². The summed E-state index contributed by atoms with van der Waals surface area (Å²) < 4.78 is 12.0. The lowest BCUT2D eigenvalue weighted by Gasteiger charge is -2.11. The minimum Gasteiger partial charge on any atom is -0.497 e. The Balaban J connectivity index is 2.07. The van der Waals surface area contributed by atoms with E-state index in [4.69, 9.17) is 9.47 Å². The number of carbonyl (C=O) groups is 1. The highest BCUT2D eigenvalue weighted by Gasteiger charge is 2.17. The van der Waals surface area contributed by atoms with Crippen LogP contribution in [-0.2, 0) is 6.54 Å². The Bertz CT molecular complexity index is 919. The number of fused-ring (bicyclic) bond motifs is 1. The van der Waals surface area contributed by atoms with Crippen LogP contribution in [-0.4, -0.2) is 45.2 Å². The zero-order chi connectivity index (χ0) is 17.3. The average Bonchev–Trinajstić information content (AvgIpc) is 2.97. The predicted molar refractivity (Wildman–Crippen MR) is 84.8 cm³/mol. The molecule has 0 saturated heterocycles. The number of methoxy groups -OCH3 is 2. The summed E-state index contributed by atoms with van der Waals surface area (Å²) in [6.07, 6.45) is 1.42. The van der Waals surface area contributed by atoms with E-state index in [1.54, 1.807) is 26.4 Å². The number of rotatable bonds is 5. The number of hydrogen-bond donors (Lipinski definition) is 2. The van der Waals surface area contributed by atoms with Crippen molar-refractivity contribution in [1.82, 2.24) is 14.8 Å². The quantitative estimate of drug-likeness (QED) is 0.736. The van der Waals surface area contributed by atoms with E-state index in [1.807, 2.05) is 6.07 Å². The van der Waals surface area contributed by atoms with Gasteiger partial charge in [-0.3, -0.25) is 0 Å². The smallest absolute Gasteiger partial charge is 0.336 e. The van der Waals surface area contributed by atoms with Gasteiger partial charge in [-0.15, -0.1) is 0 Å². The topological polar surface area (TPSA) is 107 Å². The van der Waals surface area contributed by atoms with Gasteiger partial charge < -0.3 is 19.7 Å². The largest absolute Gasteiger partial charge is 0.497 e. The maximum atomic E-state index is 11.3. The predicted octanol–water partition coefficient (Wildman–Crippen LogP) is 1.90. The second kappa shape index (κ2) is 6.07. The normalized spacial score (nSPS) is 10.8. The molecule has 0 amide bonds. The molecule has 124 valence electrons. The molecule has 24 heavy (non-hydrogen) atoms. The highest BCUT2D eigenvalue weighted by atomic mass is 16.5. The van der Waals surface area contributed by atoms with Gasteiger partial charge in [-0.25, -0.2) is 9.48 Å². The SMILES string of the molecule is COc1ccc(Cn2ncc3c(C(=O)O)cc(O)nc32)c(OC)c1. The van der Waals surface area contributed by atoms with Gasteiger partial charge >= 0.3 is 5.97 Å². The van der Waals surface area contributed by atoms with Crippen LogP contribution in [0.3, 0.4) is 0 Å². The molecule has 0 atom stereocenters. The molecule has 8 nitrogen and oxygen atoms in total. The van der Waals surface area contributed by atoms with Crippen molar-refractivity contribution < 1.29 is 24.5 Å². The molecular weight excluding hydrogens is 314 g/mol. The second-order valence-corrected chi connectivity index (χ2v) is 5.05. The Morgan fingerprint density at radius 2 is 2.04 bits per heavy atom. The van der Waals surface area contributed by atoms with Gasteiger partial charge in [0.15, 0.2) is 5.65 Å². The van der Waals surface area contributed by atoms with Crippen molar-refractivity contribution in [3.05, 3.63) is 41.6 Å². The highest BCUT2D eigenvalue weighted by Crippen LogP contribution is 2.27. The Hall–Kier alpha value is -3.29. The van der Waals surface area contributed by atoms with Gasteiger partial charge in [0, 0.05) is 17.7 Å². The zero-order valence-electron chi connectivity index (χ0n) is 13.1. The molecule has 0 unspecified atom stereocenters. The maximum absolute atomic E-state index is 11.3. The van der Waals surface area contributed by atoms with E-state index >= 15 is 0 Å². The number of carboxylic acid groups (broad SMARTS) is 1. The van der Waals surface area contributed by atoms with Gasteiger partial charge in [-0.2, -0.15) is 10.1 Å². The number of hydrogen-bond acceptors (Lipinski definition) is 6. The summed E-state index contributed by atoms with van der Waals surface area (Å²) in [6, 6.07) is 6.46. The first-order valence-corrected chi connectivity index (χ1v) is 7.03. The van der Waals surface area contributed by atoms with Gasteiger partial charge in [0.05, 0.1) is 37.9 Å². The third kappa shape index (κ3) is 2.69. The van der Waals surface area contributed by atoms with Crippen LogP contribution < -0.4 is 9.47 Å². The average molecular weight is 329 g/mol. The lowest BCUT2D eigenvalue weighted by atomic mass is 10.2. The minimum atomic E-state index is -1.15. The van der Waals surface area contributed by atoms with E-state index in [0.29, 0.717) is 23.4 Å². The summed E-state index contributed by atoms with van der Waals surface area (Å²) in [7, 11) is 3.11. The molecule has 0 saturated carbocycles. The Labute approximate surface area is 136 Å². The zero-order valence-corrected chi connectivity index (χ0v) is 13.1. The van der Waals surface area contributed by atoms with Gasteiger partial charge in [0.2, 0.25) is 5.88 Å². The van der Waals surface area contributed by atoms with Crippen LogP contribution in [0.25, 0.3) is 11.0 Å². The van der Waals surface area contributed by atoms with E-state index in [1.165, 1.54) is 10.9 Å². The van der Waals surface area contributed by atoms with Gasteiger partial charge in [0.25, 0.3) is 0 Å². The van der Waals surface area contributed by atoms with Crippen molar-refractivity contribution >= 4 is 17.0 Å². The fraction of sp³-hybridized carbons (Fsp3) is 0.188. The van der Waals surface area contributed by atoms with Crippen molar-refractivity contribution in [3.63, 3.8) is 0 Å². The van der Waals surface area contributed by atoms with Gasteiger partial charge in [-0.05, 0) is 12.1 Å². The molecule has 3 aromatic rings. The Morgan fingerprint density at radius 3 is 2.71 bits per heavy atom. The molecule has 8 heteroatoms. The number of aromatic nitrogens is 3. The molecule has 0 fully saturated rings. The standard InChI is InChI=1S/C16H15N3O5/c1-23-10-4-3-9(13(5-10)24-2)8-19-15-12(7-17-19)11(16(21)22)6-14(20)18-15/h3-7H,8H2,1-2H3,(H,18,20)(H,21,22). The number of nitrogens with zero attached hydrogens (tertiary/aromatic N) is 3. The number of aromatic carboxylic acids is 1. The summed E-state index contributed by atoms with van der Waals surface area (Å²) in [6.45, 7) is 0.298. The molecule has 3 rings (SSSR count). The van der Waals surface area contributed by atoms with Crippen LogP contribution in [0.5, 0.6) is 17.4 Å². The molecule has 0 aliphatic rings. The third-order valence-corrected chi connectivity index (χ3v) is 3.64. The second-order valence-electron chi connectivity index (χ2n) is 5.05. The summed E-state index contributed by atoms with van der Waals surface area (Å²) in [4.78, 5) is 15.3. The Kier molecular flexibility index (Phi) is 3.95. The summed E-state index contributed by atoms with van der Waals surface area (Å²) in [5.41, 5.74) is 1.04. The maximum Gasteiger partial charge on any atom is 0.336 e. The molecular formula is C16H15N3O5. The highest BCUT2D eigenvalue weighted by molar-refractivity contribution is 6.01. The first kappa shape index (κ1) is 15.6. The van der Waals surface area contributed by atoms with Crippen molar-refractivity contribution in [3.8, 4) is 17.4 Å². The molecule has 0 aliphatic heterocycles. The van der Waals surface area contributed by atoms with Crippen LogP contribution in [0, 0.1) is 0 Å². The number of carboxylic acids is 1. The van der Waals surface area contributed by atoms with Crippen molar-refractivity contribution in [2.45, 2.75) is 6.54 Å². The van der Waals surface area contributed by atoms with Crippen LogP contribution >= 0.6 is 0 Å². The van der Waals surface area contributed by atoms with Gasteiger partial charge in [0.1, 0.15) is 11.5 Å². The molecule has 2 heterocycles. The fourth-order valence-corrected chi connectivity index (χ4v) is 2.47. The molecule has 0 aliphatic carbocycles. The van der Waals surface area contributed by atoms with E-state index < -0.39 is 5.97 Å². The van der Waals surface area contributed by atoms with Crippen LogP contribution in [0.4, 0.5) is 0 Å². The third-order valence-electron chi connectivity index (χ3n) is 3.64. The molecule has 0 bridgehead atoms. The number of benzene rings is 1. The summed E-state index contributed by atoms with van der Waals surface area (Å²) in [5.74, 6) is -0.260.